The minimum atomic E-state index is -3.39. The minimum Gasteiger partial charge on any atom is -0.352 e. The number of aryl methyl sites for hydroxylation is 1. The van der Waals surface area contributed by atoms with E-state index in [9.17, 15) is 8.42 Å². The predicted octanol–water partition coefficient (Wildman–Crippen LogP) is 3.35. The molecule has 2 heterocycles. The van der Waals surface area contributed by atoms with Gasteiger partial charge in [-0.05, 0) is 24.3 Å². The third kappa shape index (κ3) is 3.15. The highest BCUT2D eigenvalue weighted by Crippen LogP contribution is 2.39. The van der Waals surface area contributed by atoms with Crippen LogP contribution >= 0.6 is 11.6 Å². The summed E-state index contributed by atoms with van der Waals surface area (Å²) >= 11 is 5.83. The summed E-state index contributed by atoms with van der Waals surface area (Å²) in [6.07, 6.45) is 5.82. The molecule has 2 rings (SSSR count). The molecule has 4 nitrogen and oxygen atoms in total. The van der Waals surface area contributed by atoms with Crippen molar-refractivity contribution in [3.63, 3.8) is 0 Å². The molecule has 1 saturated heterocycles. The molecule has 6 heteroatoms. The molecule has 0 spiro atoms. The van der Waals surface area contributed by atoms with E-state index in [1.807, 2.05) is 7.05 Å². The fourth-order valence-corrected chi connectivity index (χ4v) is 4.96. The normalized spacial score (nSPS) is 19.8. The Morgan fingerprint density at radius 2 is 1.81 bits per heavy atom. The lowest BCUT2D eigenvalue weighted by Gasteiger charge is -2.40. The van der Waals surface area contributed by atoms with Gasteiger partial charge < -0.3 is 4.57 Å². The van der Waals surface area contributed by atoms with Gasteiger partial charge in [0.05, 0.1) is 5.88 Å². The molecule has 0 unspecified atom stereocenters. The van der Waals surface area contributed by atoms with E-state index in [1.54, 1.807) is 21.1 Å². The van der Waals surface area contributed by atoms with Gasteiger partial charge in [0, 0.05) is 32.0 Å². The summed E-state index contributed by atoms with van der Waals surface area (Å²) in [6, 6.07) is 1.68. The molecular weight excluding hydrogens is 308 g/mol. The molecule has 1 aliphatic rings. The van der Waals surface area contributed by atoms with Crippen molar-refractivity contribution in [2.45, 2.75) is 50.3 Å². The van der Waals surface area contributed by atoms with E-state index in [1.165, 1.54) is 0 Å². The van der Waals surface area contributed by atoms with E-state index in [2.05, 4.69) is 13.8 Å². The average Bonchev–Trinajstić information content (AvgIpc) is 2.89. The summed E-state index contributed by atoms with van der Waals surface area (Å²) < 4.78 is 28.9. The van der Waals surface area contributed by atoms with E-state index >= 15 is 0 Å². The molecular formula is C15H25ClN2O2S. The van der Waals surface area contributed by atoms with Gasteiger partial charge in [0.25, 0.3) is 0 Å². The number of halogens is 1. The summed E-state index contributed by atoms with van der Waals surface area (Å²) in [6.45, 7) is 5.65. The number of hydrogen-bond donors (Lipinski definition) is 0. The molecule has 0 radical (unpaired) electrons. The van der Waals surface area contributed by atoms with E-state index < -0.39 is 10.0 Å². The molecule has 1 aromatic heterocycles. The topological polar surface area (TPSA) is 42.3 Å². The molecule has 1 aromatic rings. The van der Waals surface area contributed by atoms with Crippen LogP contribution in [0.4, 0.5) is 0 Å². The van der Waals surface area contributed by atoms with Crippen molar-refractivity contribution < 1.29 is 8.42 Å². The highest BCUT2D eigenvalue weighted by molar-refractivity contribution is 7.89. The Bertz CT molecular complexity index is 581. The van der Waals surface area contributed by atoms with Crippen LogP contribution < -0.4 is 0 Å². The number of alkyl halides is 1. The van der Waals surface area contributed by atoms with Gasteiger partial charge in [-0.3, -0.25) is 0 Å². The minimum absolute atomic E-state index is 0.320. The SMILES string of the molecule is CCC1(CC)CCN(S(=O)(=O)c2cc(CCl)n(C)c2)CC1. The van der Waals surface area contributed by atoms with Gasteiger partial charge in [0.2, 0.25) is 10.0 Å². The maximum absolute atomic E-state index is 12.7. The largest absolute Gasteiger partial charge is 0.352 e. The number of sulfonamides is 1. The van der Waals surface area contributed by atoms with E-state index in [0.717, 1.165) is 31.4 Å². The standard InChI is InChI=1S/C15H25ClN2O2S/c1-4-15(5-2)6-8-18(9-7-15)21(19,20)14-10-13(11-16)17(3)12-14/h10,12H,4-9,11H2,1-3H3. The molecule has 0 amide bonds. The first-order valence-corrected chi connectivity index (χ1v) is 9.57. The van der Waals surface area contributed by atoms with Gasteiger partial charge in [0.1, 0.15) is 4.90 Å². The van der Waals surface area contributed by atoms with Gasteiger partial charge in [-0.2, -0.15) is 4.31 Å². The van der Waals surface area contributed by atoms with Gasteiger partial charge in [-0.25, -0.2) is 8.42 Å². The number of rotatable bonds is 5. The van der Waals surface area contributed by atoms with Crippen molar-refractivity contribution in [1.29, 1.82) is 0 Å². The zero-order chi connectivity index (χ0) is 15.7. The quantitative estimate of drug-likeness (QED) is 0.776. The third-order valence-corrected chi connectivity index (χ3v) is 7.28. The van der Waals surface area contributed by atoms with E-state index in [-0.39, 0.29) is 0 Å². The molecule has 0 bridgehead atoms. The van der Waals surface area contributed by atoms with Crippen molar-refractivity contribution >= 4 is 21.6 Å². The summed E-state index contributed by atoms with van der Waals surface area (Å²) in [5, 5.41) is 0. The Labute approximate surface area is 133 Å². The highest BCUT2D eigenvalue weighted by atomic mass is 35.5. The summed E-state index contributed by atoms with van der Waals surface area (Å²) in [5.41, 5.74) is 1.15. The van der Waals surface area contributed by atoms with Crippen LogP contribution in [0.5, 0.6) is 0 Å². The van der Waals surface area contributed by atoms with Gasteiger partial charge in [-0.15, -0.1) is 11.6 Å². The molecule has 0 saturated carbocycles. The average molecular weight is 333 g/mol. The Hall–Kier alpha value is -0.520. The molecule has 1 fully saturated rings. The summed E-state index contributed by atoms with van der Waals surface area (Å²) in [5.74, 6) is 0.320. The smallest absolute Gasteiger partial charge is 0.244 e. The lowest BCUT2D eigenvalue weighted by Crippen LogP contribution is -2.42. The fraction of sp³-hybridized carbons (Fsp3) is 0.733. The first kappa shape index (κ1) is 16.8. The Morgan fingerprint density at radius 1 is 1.24 bits per heavy atom. The Kier molecular flexibility index (Phi) is 5.06. The van der Waals surface area contributed by atoms with Crippen LogP contribution in [0.2, 0.25) is 0 Å². The summed E-state index contributed by atoms with van der Waals surface area (Å²) in [4.78, 5) is 0.362. The summed E-state index contributed by atoms with van der Waals surface area (Å²) in [7, 11) is -1.56. The van der Waals surface area contributed by atoms with E-state index in [0.29, 0.717) is 29.3 Å². The van der Waals surface area contributed by atoms with Crippen LogP contribution in [0.15, 0.2) is 17.2 Å². The number of piperidine rings is 1. The highest BCUT2D eigenvalue weighted by Gasteiger charge is 2.36. The van der Waals surface area contributed by atoms with Gasteiger partial charge >= 0.3 is 0 Å². The number of hydrogen-bond acceptors (Lipinski definition) is 2. The van der Waals surface area contributed by atoms with Crippen molar-refractivity contribution in [3.8, 4) is 0 Å². The van der Waals surface area contributed by atoms with Gasteiger partial charge in [0.15, 0.2) is 0 Å². The zero-order valence-corrected chi connectivity index (χ0v) is 14.7. The molecule has 0 aromatic carbocycles. The molecule has 0 aliphatic carbocycles. The van der Waals surface area contributed by atoms with Crippen molar-refractivity contribution in [2.24, 2.45) is 12.5 Å². The van der Waals surface area contributed by atoms with Crippen molar-refractivity contribution in [2.75, 3.05) is 13.1 Å². The molecule has 0 N–H and O–H groups in total. The van der Waals surface area contributed by atoms with Crippen LogP contribution in [0.1, 0.15) is 45.2 Å². The predicted molar refractivity (Wildman–Crippen MR) is 86.0 cm³/mol. The van der Waals surface area contributed by atoms with Crippen molar-refractivity contribution in [3.05, 3.63) is 18.0 Å². The molecule has 120 valence electrons. The number of nitrogens with zero attached hydrogens (tertiary/aromatic N) is 2. The first-order valence-electron chi connectivity index (χ1n) is 7.60. The molecule has 1 aliphatic heterocycles. The first-order chi connectivity index (χ1) is 9.88. The van der Waals surface area contributed by atoms with Crippen LogP contribution in [-0.2, 0) is 23.0 Å². The monoisotopic (exact) mass is 332 g/mol. The zero-order valence-electron chi connectivity index (χ0n) is 13.1. The maximum atomic E-state index is 12.7. The van der Waals surface area contributed by atoms with Crippen LogP contribution in [0.25, 0.3) is 0 Å². The maximum Gasteiger partial charge on any atom is 0.244 e. The Morgan fingerprint density at radius 3 is 2.24 bits per heavy atom. The molecule has 21 heavy (non-hydrogen) atoms. The Balaban J connectivity index is 2.18. The van der Waals surface area contributed by atoms with Crippen LogP contribution in [0, 0.1) is 5.41 Å². The number of aromatic nitrogens is 1. The second kappa shape index (κ2) is 6.31. The fourth-order valence-electron chi connectivity index (χ4n) is 3.16. The lowest BCUT2D eigenvalue weighted by molar-refractivity contribution is 0.141. The third-order valence-electron chi connectivity index (χ3n) is 5.14. The van der Waals surface area contributed by atoms with Crippen LogP contribution in [-0.4, -0.2) is 30.4 Å². The second-order valence-electron chi connectivity index (χ2n) is 6.02. The van der Waals surface area contributed by atoms with Gasteiger partial charge in [-0.1, -0.05) is 26.7 Å². The lowest BCUT2D eigenvalue weighted by atomic mass is 9.75. The van der Waals surface area contributed by atoms with E-state index in [4.69, 9.17) is 11.6 Å². The van der Waals surface area contributed by atoms with Crippen LogP contribution in [0.3, 0.4) is 0 Å². The molecule has 0 atom stereocenters. The second-order valence-corrected chi connectivity index (χ2v) is 8.23. The van der Waals surface area contributed by atoms with Crippen molar-refractivity contribution in [1.82, 2.24) is 8.87 Å².